The van der Waals surface area contributed by atoms with Gasteiger partial charge in [-0.25, -0.2) is 0 Å². The summed E-state index contributed by atoms with van der Waals surface area (Å²) < 4.78 is 5.11. The van der Waals surface area contributed by atoms with Crippen LogP contribution in [0.4, 0.5) is 5.69 Å². The van der Waals surface area contributed by atoms with Crippen molar-refractivity contribution in [2.45, 2.75) is 13.0 Å². The maximum atomic E-state index is 12.3. The molecule has 25 heavy (non-hydrogen) atoms. The van der Waals surface area contributed by atoms with Crippen molar-refractivity contribution in [3.8, 4) is 11.8 Å². The normalized spacial score (nSPS) is 12.0. The number of nitriles is 1. The SMILES string of the molecule is COc1ccc(C(C)NC(=O)/C(C#N)=C\Nc2ccccc2Cl)cc1. The van der Waals surface area contributed by atoms with Gasteiger partial charge < -0.3 is 15.4 Å². The lowest BCUT2D eigenvalue weighted by atomic mass is 10.1. The quantitative estimate of drug-likeness (QED) is 0.605. The van der Waals surface area contributed by atoms with E-state index in [0.29, 0.717) is 10.7 Å². The maximum absolute atomic E-state index is 12.3. The van der Waals surface area contributed by atoms with Gasteiger partial charge in [0.1, 0.15) is 17.4 Å². The number of hydrogen-bond acceptors (Lipinski definition) is 4. The number of methoxy groups -OCH3 is 1. The van der Waals surface area contributed by atoms with Gasteiger partial charge in [0.25, 0.3) is 5.91 Å². The molecule has 0 aliphatic rings. The van der Waals surface area contributed by atoms with Gasteiger partial charge in [-0.15, -0.1) is 0 Å². The number of nitrogens with zero attached hydrogens (tertiary/aromatic N) is 1. The summed E-state index contributed by atoms with van der Waals surface area (Å²) in [5.74, 6) is 0.272. The molecule has 2 aromatic carbocycles. The fraction of sp³-hybridized carbons (Fsp3) is 0.158. The molecule has 0 fully saturated rings. The Hall–Kier alpha value is -2.97. The Labute approximate surface area is 151 Å². The Morgan fingerprint density at radius 3 is 2.52 bits per heavy atom. The minimum Gasteiger partial charge on any atom is -0.497 e. The lowest BCUT2D eigenvalue weighted by molar-refractivity contribution is -0.117. The number of ether oxygens (including phenoxy) is 1. The van der Waals surface area contributed by atoms with Crippen molar-refractivity contribution in [2.24, 2.45) is 0 Å². The van der Waals surface area contributed by atoms with Crippen molar-refractivity contribution in [1.82, 2.24) is 5.32 Å². The summed E-state index contributed by atoms with van der Waals surface area (Å²) in [7, 11) is 1.59. The molecule has 0 aliphatic heterocycles. The lowest BCUT2D eigenvalue weighted by Crippen LogP contribution is -2.28. The molecule has 5 nitrogen and oxygen atoms in total. The molecule has 0 spiro atoms. The summed E-state index contributed by atoms with van der Waals surface area (Å²) in [6.07, 6.45) is 1.34. The first-order valence-corrected chi connectivity index (χ1v) is 7.99. The molecule has 1 atom stereocenters. The number of rotatable bonds is 6. The molecule has 1 amide bonds. The first-order chi connectivity index (χ1) is 12.0. The Bertz CT molecular complexity index is 810. The van der Waals surface area contributed by atoms with Crippen LogP contribution in [0.2, 0.25) is 5.02 Å². The van der Waals surface area contributed by atoms with Crippen LogP contribution < -0.4 is 15.4 Å². The van der Waals surface area contributed by atoms with Crippen molar-refractivity contribution in [2.75, 3.05) is 12.4 Å². The molecular formula is C19H18ClN3O2. The molecule has 128 valence electrons. The van der Waals surface area contributed by atoms with Gasteiger partial charge in [0.05, 0.1) is 23.9 Å². The second-order valence-electron chi connectivity index (χ2n) is 5.26. The van der Waals surface area contributed by atoms with E-state index in [4.69, 9.17) is 16.3 Å². The Morgan fingerprint density at radius 1 is 1.24 bits per heavy atom. The molecule has 0 bridgehead atoms. The third-order valence-corrected chi connectivity index (χ3v) is 3.90. The van der Waals surface area contributed by atoms with Gasteiger partial charge in [-0.2, -0.15) is 5.26 Å². The second-order valence-corrected chi connectivity index (χ2v) is 5.67. The van der Waals surface area contributed by atoms with Gasteiger partial charge in [-0.1, -0.05) is 35.9 Å². The summed E-state index contributed by atoms with van der Waals surface area (Å²) >= 11 is 6.03. The molecule has 2 rings (SSSR count). The Balaban J connectivity index is 2.05. The number of nitrogens with one attached hydrogen (secondary N) is 2. The Morgan fingerprint density at radius 2 is 1.92 bits per heavy atom. The fourth-order valence-electron chi connectivity index (χ4n) is 2.13. The van der Waals surface area contributed by atoms with E-state index in [9.17, 15) is 10.1 Å². The molecular weight excluding hydrogens is 338 g/mol. The van der Waals surface area contributed by atoms with Crippen LogP contribution in [0, 0.1) is 11.3 Å². The van der Waals surface area contributed by atoms with Crippen molar-refractivity contribution in [1.29, 1.82) is 5.26 Å². The standard InChI is InChI=1S/C19H18ClN3O2/c1-13(14-7-9-16(25-2)10-8-14)23-19(24)15(11-21)12-22-18-6-4-3-5-17(18)20/h3-10,12-13,22H,1-2H3,(H,23,24)/b15-12-. The highest BCUT2D eigenvalue weighted by atomic mass is 35.5. The number of carbonyl (C=O) groups excluding carboxylic acids is 1. The predicted molar refractivity (Wildman–Crippen MR) is 98.3 cm³/mol. The van der Waals surface area contributed by atoms with Crippen LogP contribution >= 0.6 is 11.6 Å². The predicted octanol–water partition coefficient (Wildman–Crippen LogP) is 4.05. The van der Waals surface area contributed by atoms with E-state index in [1.54, 1.807) is 31.4 Å². The minimum absolute atomic E-state index is 0.0414. The number of halogens is 1. The summed E-state index contributed by atoms with van der Waals surface area (Å²) in [5, 5.41) is 15.4. The molecule has 6 heteroatoms. The molecule has 0 saturated carbocycles. The zero-order chi connectivity index (χ0) is 18.2. The molecule has 0 heterocycles. The van der Waals surface area contributed by atoms with Gasteiger partial charge in [0.2, 0.25) is 0 Å². The number of carbonyl (C=O) groups is 1. The number of benzene rings is 2. The highest BCUT2D eigenvalue weighted by Crippen LogP contribution is 2.21. The smallest absolute Gasteiger partial charge is 0.263 e. The van der Waals surface area contributed by atoms with Crippen LogP contribution in [0.1, 0.15) is 18.5 Å². The monoisotopic (exact) mass is 355 g/mol. The van der Waals surface area contributed by atoms with Crippen LogP contribution in [-0.4, -0.2) is 13.0 Å². The van der Waals surface area contributed by atoms with E-state index in [2.05, 4.69) is 10.6 Å². The number of amides is 1. The molecule has 2 aromatic rings. The van der Waals surface area contributed by atoms with Crippen molar-refractivity contribution in [3.05, 3.63) is 70.9 Å². The summed E-state index contributed by atoms with van der Waals surface area (Å²) in [6, 6.07) is 16.1. The van der Waals surface area contributed by atoms with Crippen LogP contribution in [-0.2, 0) is 4.79 Å². The molecule has 0 aliphatic carbocycles. The fourth-order valence-corrected chi connectivity index (χ4v) is 2.32. The first-order valence-electron chi connectivity index (χ1n) is 7.61. The van der Waals surface area contributed by atoms with Gasteiger partial charge in [0, 0.05) is 6.20 Å². The summed E-state index contributed by atoms with van der Waals surface area (Å²) in [6.45, 7) is 1.84. The average Bonchev–Trinajstić information content (AvgIpc) is 2.63. The topological polar surface area (TPSA) is 74.1 Å². The number of para-hydroxylation sites is 1. The third-order valence-electron chi connectivity index (χ3n) is 3.57. The van der Waals surface area contributed by atoms with E-state index in [0.717, 1.165) is 11.3 Å². The van der Waals surface area contributed by atoms with Crippen LogP contribution in [0.15, 0.2) is 60.3 Å². The van der Waals surface area contributed by atoms with Crippen molar-refractivity contribution in [3.63, 3.8) is 0 Å². The van der Waals surface area contributed by atoms with Crippen LogP contribution in [0.25, 0.3) is 0 Å². The highest BCUT2D eigenvalue weighted by Gasteiger charge is 2.14. The maximum Gasteiger partial charge on any atom is 0.263 e. The zero-order valence-corrected chi connectivity index (χ0v) is 14.7. The molecule has 2 N–H and O–H groups in total. The molecule has 0 radical (unpaired) electrons. The Kier molecular flexibility index (Phi) is 6.44. The van der Waals surface area contributed by atoms with Crippen molar-refractivity contribution < 1.29 is 9.53 Å². The molecule has 0 saturated heterocycles. The van der Waals surface area contributed by atoms with E-state index in [1.165, 1.54) is 6.20 Å². The average molecular weight is 356 g/mol. The highest BCUT2D eigenvalue weighted by molar-refractivity contribution is 6.33. The van der Waals surface area contributed by atoms with Gasteiger partial charge in [-0.3, -0.25) is 4.79 Å². The van der Waals surface area contributed by atoms with Gasteiger partial charge in [-0.05, 0) is 36.8 Å². The van der Waals surface area contributed by atoms with E-state index < -0.39 is 5.91 Å². The largest absolute Gasteiger partial charge is 0.497 e. The first kappa shape index (κ1) is 18.4. The van der Waals surface area contributed by atoms with Crippen molar-refractivity contribution >= 4 is 23.2 Å². The number of anilines is 1. The van der Waals surface area contributed by atoms with Crippen LogP contribution in [0.3, 0.4) is 0 Å². The third kappa shape index (κ3) is 5.00. The van der Waals surface area contributed by atoms with Gasteiger partial charge in [0.15, 0.2) is 0 Å². The second kappa shape index (κ2) is 8.76. The zero-order valence-electron chi connectivity index (χ0n) is 13.9. The lowest BCUT2D eigenvalue weighted by Gasteiger charge is -2.14. The molecule has 0 aromatic heterocycles. The molecule has 1 unspecified atom stereocenters. The van der Waals surface area contributed by atoms with E-state index >= 15 is 0 Å². The number of hydrogen-bond donors (Lipinski definition) is 2. The van der Waals surface area contributed by atoms with E-state index in [-0.39, 0.29) is 11.6 Å². The van der Waals surface area contributed by atoms with Gasteiger partial charge >= 0.3 is 0 Å². The summed E-state index contributed by atoms with van der Waals surface area (Å²) in [5.41, 5.74) is 1.48. The minimum atomic E-state index is -0.467. The van der Waals surface area contributed by atoms with E-state index in [1.807, 2.05) is 37.3 Å². The summed E-state index contributed by atoms with van der Waals surface area (Å²) in [4.78, 5) is 12.3. The van der Waals surface area contributed by atoms with Crippen LogP contribution in [0.5, 0.6) is 5.75 Å².